The second-order valence-corrected chi connectivity index (χ2v) is 6.05. The SMILES string of the molecule is CCN(CC)CC(C)NC(=O)C1CCC(N)CC1C. The molecule has 0 radical (unpaired) electrons. The summed E-state index contributed by atoms with van der Waals surface area (Å²) in [6.07, 6.45) is 2.89. The lowest BCUT2D eigenvalue weighted by Crippen LogP contribution is -2.47. The van der Waals surface area contributed by atoms with Gasteiger partial charge in [0.2, 0.25) is 5.91 Å². The van der Waals surface area contributed by atoms with Crippen molar-refractivity contribution in [2.45, 2.75) is 59.0 Å². The van der Waals surface area contributed by atoms with Crippen molar-refractivity contribution in [2.75, 3.05) is 19.6 Å². The van der Waals surface area contributed by atoms with Crippen LogP contribution in [-0.2, 0) is 4.79 Å². The summed E-state index contributed by atoms with van der Waals surface area (Å²) in [5, 5.41) is 3.17. The summed E-state index contributed by atoms with van der Waals surface area (Å²) in [5.41, 5.74) is 5.95. The number of carbonyl (C=O) groups is 1. The molecule has 0 spiro atoms. The number of likely N-dealkylation sites (N-methyl/N-ethyl adjacent to an activating group) is 1. The quantitative estimate of drug-likeness (QED) is 0.770. The predicted octanol–water partition coefficient (Wildman–Crippen LogP) is 1.60. The summed E-state index contributed by atoms with van der Waals surface area (Å²) in [4.78, 5) is 14.7. The Labute approximate surface area is 118 Å². The van der Waals surface area contributed by atoms with Gasteiger partial charge in [0.25, 0.3) is 0 Å². The maximum atomic E-state index is 12.3. The van der Waals surface area contributed by atoms with Gasteiger partial charge in [-0.3, -0.25) is 4.79 Å². The Morgan fingerprint density at radius 1 is 1.37 bits per heavy atom. The fourth-order valence-electron chi connectivity index (χ4n) is 3.09. The number of nitrogens with one attached hydrogen (secondary N) is 1. The first-order valence-corrected chi connectivity index (χ1v) is 7.76. The van der Waals surface area contributed by atoms with Crippen molar-refractivity contribution in [3.63, 3.8) is 0 Å². The van der Waals surface area contributed by atoms with Gasteiger partial charge in [-0.15, -0.1) is 0 Å². The second kappa shape index (κ2) is 7.85. The molecule has 1 amide bonds. The average Bonchev–Trinajstić information content (AvgIpc) is 2.35. The van der Waals surface area contributed by atoms with Crippen molar-refractivity contribution < 1.29 is 4.79 Å². The second-order valence-electron chi connectivity index (χ2n) is 6.05. The Morgan fingerprint density at radius 3 is 2.53 bits per heavy atom. The van der Waals surface area contributed by atoms with E-state index >= 15 is 0 Å². The maximum Gasteiger partial charge on any atom is 0.223 e. The summed E-state index contributed by atoms with van der Waals surface area (Å²) < 4.78 is 0. The van der Waals surface area contributed by atoms with Crippen LogP contribution in [0.4, 0.5) is 0 Å². The zero-order valence-electron chi connectivity index (χ0n) is 13.0. The highest BCUT2D eigenvalue weighted by Crippen LogP contribution is 2.29. The number of nitrogens with zero attached hydrogens (tertiary/aromatic N) is 1. The summed E-state index contributed by atoms with van der Waals surface area (Å²) in [6.45, 7) is 11.6. The monoisotopic (exact) mass is 269 g/mol. The minimum atomic E-state index is 0.152. The highest BCUT2D eigenvalue weighted by molar-refractivity contribution is 5.79. The van der Waals surface area contributed by atoms with Gasteiger partial charge in [0.1, 0.15) is 0 Å². The molecule has 112 valence electrons. The first kappa shape index (κ1) is 16.4. The molecule has 0 aromatic heterocycles. The molecule has 0 aliphatic heterocycles. The lowest BCUT2D eigenvalue weighted by atomic mass is 9.77. The molecular weight excluding hydrogens is 238 g/mol. The van der Waals surface area contributed by atoms with E-state index in [1.165, 1.54) is 0 Å². The number of rotatable bonds is 6. The largest absolute Gasteiger partial charge is 0.352 e. The molecule has 0 saturated heterocycles. The van der Waals surface area contributed by atoms with Gasteiger partial charge < -0.3 is 16.0 Å². The molecule has 0 heterocycles. The Hall–Kier alpha value is -0.610. The van der Waals surface area contributed by atoms with Crippen LogP contribution in [-0.4, -0.2) is 42.5 Å². The Bertz CT molecular complexity index is 279. The summed E-state index contributed by atoms with van der Waals surface area (Å²) in [7, 11) is 0. The minimum absolute atomic E-state index is 0.152. The van der Waals surface area contributed by atoms with Crippen LogP contribution in [0.15, 0.2) is 0 Å². The van der Waals surface area contributed by atoms with Gasteiger partial charge in [0.05, 0.1) is 0 Å². The molecule has 1 rings (SSSR count). The summed E-state index contributed by atoms with van der Waals surface area (Å²) in [5.74, 6) is 0.780. The van der Waals surface area contributed by atoms with Crippen molar-refractivity contribution in [1.82, 2.24) is 10.2 Å². The zero-order valence-corrected chi connectivity index (χ0v) is 13.0. The molecule has 4 nitrogen and oxygen atoms in total. The Kier molecular flexibility index (Phi) is 6.80. The van der Waals surface area contributed by atoms with E-state index in [2.05, 4.69) is 37.9 Å². The highest BCUT2D eigenvalue weighted by Gasteiger charge is 2.31. The molecule has 0 aromatic carbocycles. The topological polar surface area (TPSA) is 58.4 Å². The molecule has 0 bridgehead atoms. The van der Waals surface area contributed by atoms with Gasteiger partial charge in [-0.2, -0.15) is 0 Å². The molecule has 4 unspecified atom stereocenters. The summed E-state index contributed by atoms with van der Waals surface area (Å²) >= 11 is 0. The zero-order chi connectivity index (χ0) is 14.4. The van der Waals surface area contributed by atoms with Crippen LogP contribution in [0.3, 0.4) is 0 Å². The predicted molar refractivity (Wildman–Crippen MR) is 79.9 cm³/mol. The molecule has 1 aliphatic carbocycles. The van der Waals surface area contributed by atoms with Crippen molar-refractivity contribution in [1.29, 1.82) is 0 Å². The first-order valence-electron chi connectivity index (χ1n) is 7.76. The van der Waals surface area contributed by atoms with E-state index in [1.54, 1.807) is 0 Å². The smallest absolute Gasteiger partial charge is 0.223 e. The first-order chi connectivity index (χ1) is 8.97. The number of nitrogens with two attached hydrogens (primary N) is 1. The van der Waals surface area contributed by atoms with E-state index in [1.807, 2.05) is 0 Å². The highest BCUT2D eigenvalue weighted by atomic mass is 16.2. The fraction of sp³-hybridized carbons (Fsp3) is 0.933. The molecule has 4 heteroatoms. The van der Waals surface area contributed by atoms with Crippen LogP contribution in [0, 0.1) is 11.8 Å². The van der Waals surface area contributed by atoms with E-state index in [0.717, 1.165) is 38.9 Å². The molecular formula is C15H31N3O. The maximum absolute atomic E-state index is 12.3. The van der Waals surface area contributed by atoms with Crippen LogP contribution in [0.2, 0.25) is 0 Å². The molecule has 4 atom stereocenters. The van der Waals surface area contributed by atoms with Gasteiger partial charge in [-0.25, -0.2) is 0 Å². The van der Waals surface area contributed by atoms with E-state index in [9.17, 15) is 4.79 Å². The van der Waals surface area contributed by atoms with Crippen molar-refractivity contribution in [3.05, 3.63) is 0 Å². The third kappa shape index (κ3) is 5.11. The number of carbonyl (C=O) groups excluding carboxylic acids is 1. The molecule has 19 heavy (non-hydrogen) atoms. The van der Waals surface area contributed by atoms with Crippen molar-refractivity contribution in [2.24, 2.45) is 17.6 Å². The average molecular weight is 269 g/mol. The lowest BCUT2D eigenvalue weighted by Gasteiger charge is -2.33. The molecule has 1 saturated carbocycles. The van der Waals surface area contributed by atoms with Crippen LogP contribution in [0.1, 0.15) is 47.0 Å². The van der Waals surface area contributed by atoms with E-state index in [-0.39, 0.29) is 23.9 Å². The fourth-order valence-corrected chi connectivity index (χ4v) is 3.09. The van der Waals surface area contributed by atoms with E-state index in [0.29, 0.717) is 5.92 Å². The van der Waals surface area contributed by atoms with E-state index < -0.39 is 0 Å². The lowest BCUT2D eigenvalue weighted by molar-refractivity contribution is -0.128. The van der Waals surface area contributed by atoms with Crippen LogP contribution in [0.5, 0.6) is 0 Å². The Morgan fingerprint density at radius 2 is 2.00 bits per heavy atom. The van der Waals surface area contributed by atoms with Crippen molar-refractivity contribution >= 4 is 5.91 Å². The number of hydrogen-bond acceptors (Lipinski definition) is 3. The van der Waals surface area contributed by atoms with Crippen LogP contribution in [0.25, 0.3) is 0 Å². The van der Waals surface area contributed by atoms with Crippen LogP contribution >= 0.6 is 0 Å². The van der Waals surface area contributed by atoms with Gasteiger partial charge in [-0.1, -0.05) is 20.8 Å². The van der Waals surface area contributed by atoms with Gasteiger partial charge in [0, 0.05) is 24.5 Å². The van der Waals surface area contributed by atoms with Crippen molar-refractivity contribution in [3.8, 4) is 0 Å². The third-order valence-electron chi connectivity index (χ3n) is 4.36. The van der Waals surface area contributed by atoms with Gasteiger partial charge >= 0.3 is 0 Å². The standard InChI is InChI=1S/C15H31N3O/c1-5-18(6-2)10-12(4)17-15(19)14-8-7-13(16)9-11(14)3/h11-14H,5-10,16H2,1-4H3,(H,17,19). The minimum Gasteiger partial charge on any atom is -0.352 e. The molecule has 0 aromatic rings. The number of hydrogen-bond donors (Lipinski definition) is 2. The normalized spacial score (nSPS) is 29.3. The molecule has 1 aliphatic rings. The van der Waals surface area contributed by atoms with Crippen LogP contribution < -0.4 is 11.1 Å². The van der Waals surface area contributed by atoms with E-state index in [4.69, 9.17) is 5.73 Å². The van der Waals surface area contributed by atoms with Gasteiger partial charge in [0.15, 0.2) is 0 Å². The number of amides is 1. The molecule has 1 fully saturated rings. The molecule has 3 N–H and O–H groups in total. The summed E-state index contributed by atoms with van der Waals surface area (Å²) in [6, 6.07) is 0.502. The van der Waals surface area contributed by atoms with Gasteiger partial charge in [-0.05, 0) is 45.2 Å². The third-order valence-corrected chi connectivity index (χ3v) is 4.36. The Balaban J connectivity index is 2.41.